The molecule has 1 aliphatic heterocycles. The van der Waals surface area contributed by atoms with Crippen LogP contribution in [0.2, 0.25) is 0 Å². The van der Waals surface area contributed by atoms with Crippen molar-refractivity contribution in [2.75, 3.05) is 6.54 Å². The molecule has 1 atom stereocenters. The van der Waals surface area contributed by atoms with E-state index in [2.05, 4.69) is 4.98 Å². The molecule has 0 aliphatic carbocycles. The number of halogens is 1. The van der Waals surface area contributed by atoms with Crippen molar-refractivity contribution in [3.05, 3.63) is 51.2 Å². The van der Waals surface area contributed by atoms with Gasteiger partial charge in [-0.25, -0.2) is 9.37 Å². The van der Waals surface area contributed by atoms with Crippen LogP contribution in [0.4, 0.5) is 4.39 Å². The molecule has 1 fully saturated rings. The van der Waals surface area contributed by atoms with E-state index in [0.717, 1.165) is 15.6 Å². The SMILES string of the molecule is Cc1nc(CN2C(=O)CN(Cc3cccc(F)c3)C(=O)[C@@H]2C)sc1C. The first-order chi connectivity index (χ1) is 11.8. The van der Waals surface area contributed by atoms with Crippen molar-refractivity contribution in [3.63, 3.8) is 0 Å². The molecule has 2 amide bonds. The number of aryl methyl sites for hydroxylation is 2. The molecule has 1 aromatic carbocycles. The molecule has 0 unspecified atom stereocenters. The maximum absolute atomic E-state index is 13.3. The van der Waals surface area contributed by atoms with Gasteiger partial charge in [-0.1, -0.05) is 12.1 Å². The van der Waals surface area contributed by atoms with Gasteiger partial charge in [0, 0.05) is 11.4 Å². The third kappa shape index (κ3) is 3.71. The van der Waals surface area contributed by atoms with Crippen molar-refractivity contribution < 1.29 is 14.0 Å². The van der Waals surface area contributed by atoms with E-state index in [4.69, 9.17) is 0 Å². The third-order valence-corrected chi connectivity index (χ3v) is 5.48. The Morgan fingerprint density at radius 2 is 2.04 bits per heavy atom. The zero-order chi connectivity index (χ0) is 18.1. The molecule has 1 aliphatic rings. The van der Waals surface area contributed by atoms with Gasteiger partial charge in [0.2, 0.25) is 11.8 Å². The van der Waals surface area contributed by atoms with Crippen LogP contribution in [0.25, 0.3) is 0 Å². The number of rotatable bonds is 4. The predicted molar refractivity (Wildman–Crippen MR) is 93.4 cm³/mol. The molecule has 0 N–H and O–H groups in total. The first-order valence-electron chi connectivity index (χ1n) is 8.10. The van der Waals surface area contributed by atoms with Gasteiger partial charge < -0.3 is 9.80 Å². The van der Waals surface area contributed by atoms with Gasteiger partial charge >= 0.3 is 0 Å². The van der Waals surface area contributed by atoms with E-state index in [1.165, 1.54) is 17.0 Å². The van der Waals surface area contributed by atoms with Gasteiger partial charge in [-0.15, -0.1) is 11.3 Å². The smallest absolute Gasteiger partial charge is 0.245 e. The lowest BCUT2D eigenvalue weighted by atomic mass is 10.1. The Balaban J connectivity index is 1.72. The van der Waals surface area contributed by atoms with E-state index in [0.29, 0.717) is 12.1 Å². The van der Waals surface area contributed by atoms with Crippen molar-refractivity contribution in [1.82, 2.24) is 14.8 Å². The van der Waals surface area contributed by atoms with Crippen LogP contribution in [0.1, 0.15) is 28.1 Å². The Bertz CT molecular complexity index is 801. The van der Waals surface area contributed by atoms with Gasteiger partial charge in [-0.2, -0.15) is 0 Å². The monoisotopic (exact) mass is 361 g/mol. The van der Waals surface area contributed by atoms with Crippen LogP contribution in [-0.4, -0.2) is 39.2 Å². The Labute approximate surface area is 150 Å². The molecule has 25 heavy (non-hydrogen) atoms. The zero-order valence-corrected chi connectivity index (χ0v) is 15.3. The second kappa shape index (κ2) is 6.92. The van der Waals surface area contributed by atoms with E-state index in [1.54, 1.807) is 35.3 Å². The van der Waals surface area contributed by atoms with Crippen LogP contribution in [0.5, 0.6) is 0 Å². The Morgan fingerprint density at radius 3 is 2.68 bits per heavy atom. The summed E-state index contributed by atoms with van der Waals surface area (Å²) in [5.74, 6) is -0.597. The number of thiazole rings is 1. The number of aromatic nitrogens is 1. The number of hydrogen-bond donors (Lipinski definition) is 0. The highest BCUT2D eigenvalue weighted by Gasteiger charge is 2.36. The summed E-state index contributed by atoms with van der Waals surface area (Å²) in [5.41, 5.74) is 1.63. The summed E-state index contributed by atoms with van der Waals surface area (Å²) in [4.78, 5) is 33.8. The van der Waals surface area contributed by atoms with Crippen molar-refractivity contribution in [1.29, 1.82) is 0 Å². The lowest BCUT2D eigenvalue weighted by Gasteiger charge is -2.38. The number of benzene rings is 1. The second-order valence-electron chi connectivity index (χ2n) is 6.27. The summed E-state index contributed by atoms with van der Waals surface area (Å²) in [6.45, 7) is 6.23. The van der Waals surface area contributed by atoms with E-state index in [1.807, 2.05) is 13.8 Å². The summed E-state index contributed by atoms with van der Waals surface area (Å²) in [5, 5.41) is 0.835. The predicted octanol–water partition coefficient (Wildman–Crippen LogP) is 2.66. The number of nitrogens with zero attached hydrogens (tertiary/aromatic N) is 3. The zero-order valence-electron chi connectivity index (χ0n) is 14.5. The van der Waals surface area contributed by atoms with Gasteiger partial charge in [0.15, 0.2) is 0 Å². The molecule has 5 nitrogen and oxygen atoms in total. The molecule has 0 saturated carbocycles. The lowest BCUT2D eigenvalue weighted by molar-refractivity contribution is -0.156. The molecule has 1 saturated heterocycles. The van der Waals surface area contributed by atoms with E-state index in [9.17, 15) is 14.0 Å². The molecule has 2 aromatic rings. The van der Waals surface area contributed by atoms with Gasteiger partial charge in [0.1, 0.15) is 23.4 Å². The molecule has 132 valence electrons. The molecule has 7 heteroatoms. The van der Waals surface area contributed by atoms with E-state index >= 15 is 0 Å². The topological polar surface area (TPSA) is 53.5 Å². The number of carbonyl (C=O) groups excluding carboxylic acids is 2. The van der Waals surface area contributed by atoms with Crippen LogP contribution in [-0.2, 0) is 22.7 Å². The van der Waals surface area contributed by atoms with Crippen molar-refractivity contribution in [2.24, 2.45) is 0 Å². The van der Waals surface area contributed by atoms with Crippen LogP contribution < -0.4 is 0 Å². The summed E-state index contributed by atoms with van der Waals surface area (Å²) in [6, 6.07) is 5.53. The average molecular weight is 361 g/mol. The first-order valence-corrected chi connectivity index (χ1v) is 8.92. The van der Waals surface area contributed by atoms with E-state index < -0.39 is 6.04 Å². The summed E-state index contributed by atoms with van der Waals surface area (Å²) in [6.07, 6.45) is 0. The minimum Gasteiger partial charge on any atom is -0.327 e. The number of hydrogen-bond acceptors (Lipinski definition) is 4. The summed E-state index contributed by atoms with van der Waals surface area (Å²) >= 11 is 1.55. The van der Waals surface area contributed by atoms with Crippen LogP contribution in [0.3, 0.4) is 0 Å². The maximum Gasteiger partial charge on any atom is 0.245 e. The molecule has 0 bridgehead atoms. The standard InChI is InChI=1S/C18H20FN3O2S/c1-11-13(3)25-16(20-11)9-22-12(2)18(24)21(10-17(22)23)8-14-5-4-6-15(19)7-14/h4-7,12H,8-10H2,1-3H3/t12-/m0/s1. The van der Waals surface area contributed by atoms with Gasteiger partial charge in [0.05, 0.1) is 12.2 Å². The molecule has 0 spiro atoms. The Kier molecular flexibility index (Phi) is 4.85. The van der Waals surface area contributed by atoms with Crippen molar-refractivity contribution >= 4 is 23.2 Å². The highest BCUT2D eigenvalue weighted by atomic mass is 32.1. The fourth-order valence-corrected chi connectivity index (χ4v) is 3.85. The summed E-state index contributed by atoms with van der Waals surface area (Å²) in [7, 11) is 0. The summed E-state index contributed by atoms with van der Waals surface area (Å²) < 4.78 is 13.3. The fraction of sp³-hybridized carbons (Fsp3) is 0.389. The highest BCUT2D eigenvalue weighted by Crippen LogP contribution is 2.22. The third-order valence-electron chi connectivity index (χ3n) is 4.42. The van der Waals surface area contributed by atoms with Gasteiger partial charge in [-0.3, -0.25) is 9.59 Å². The van der Waals surface area contributed by atoms with Crippen LogP contribution in [0, 0.1) is 19.7 Å². The fourth-order valence-electron chi connectivity index (χ4n) is 2.91. The van der Waals surface area contributed by atoms with Gasteiger partial charge in [-0.05, 0) is 38.5 Å². The van der Waals surface area contributed by atoms with Crippen LogP contribution in [0.15, 0.2) is 24.3 Å². The molecule has 0 radical (unpaired) electrons. The van der Waals surface area contributed by atoms with E-state index in [-0.39, 0.29) is 30.7 Å². The Morgan fingerprint density at radius 1 is 1.28 bits per heavy atom. The lowest BCUT2D eigenvalue weighted by Crippen LogP contribution is -2.58. The molecule has 1 aromatic heterocycles. The molecule has 3 rings (SSSR count). The van der Waals surface area contributed by atoms with Crippen LogP contribution >= 0.6 is 11.3 Å². The van der Waals surface area contributed by atoms with Gasteiger partial charge in [0.25, 0.3) is 0 Å². The highest BCUT2D eigenvalue weighted by molar-refractivity contribution is 7.11. The van der Waals surface area contributed by atoms with Crippen molar-refractivity contribution in [3.8, 4) is 0 Å². The second-order valence-corrected chi connectivity index (χ2v) is 7.56. The maximum atomic E-state index is 13.3. The Hall–Kier alpha value is -2.28. The normalized spacial score (nSPS) is 18.2. The molecular weight excluding hydrogens is 341 g/mol. The van der Waals surface area contributed by atoms with Crippen molar-refractivity contribution in [2.45, 2.75) is 39.9 Å². The molecule has 2 heterocycles. The number of piperazine rings is 1. The quantitative estimate of drug-likeness (QED) is 0.841. The first kappa shape index (κ1) is 17.5. The number of carbonyl (C=O) groups is 2. The number of amides is 2. The molecular formula is C18H20FN3O2S. The minimum atomic E-state index is -0.556. The average Bonchev–Trinajstić information content (AvgIpc) is 2.87. The largest absolute Gasteiger partial charge is 0.327 e. The minimum absolute atomic E-state index is 0.00300.